The molecule has 2 rings (SSSR count). The number of hydrogen-bond donors (Lipinski definition) is 1. The van der Waals surface area contributed by atoms with Crippen LogP contribution in [0.1, 0.15) is 11.1 Å². The summed E-state index contributed by atoms with van der Waals surface area (Å²) in [7, 11) is 0. The van der Waals surface area contributed by atoms with Crippen molar-refractivity contribution in [2.75, 3.05) is 5.32 Å². The third-order valence-corrected chi connectivity index (χ3v) is 2.52. The fraction of sp³-hybridized carbons (Fsp3) is 0.0714. The third kappa shape index (κ3) is 2.68. The van der Waals surface area contributed by atoms with Crippen molar-refractivity contribution < 1.29 is 13.2 Å². The molecule has 0 aliphatic rings. The molecule has 2 aromatic rings. The van der Waals surface area contributed by atoms with Gasteiger partial charge in [0.1, 0.15) is 11.9 Å². The summed E-state index contributed by atoms with van der Waals surface area (Å²) < 4.78 is 40.2. The van der Waals surface area contributed by atoms with Crippen LogP contribution < -0.4 is 5.32 Å². The first kappa shape index (κ1) is 13.0. The van der Waals surface area contributed by atoms with E-state index in [0.717, 1.165) is 6.07 Å². The zero-order valence-corrected chi connectivity index (χ0v) is 9.97. The van der Waals surface area contributed by atoms with Gasteiger partial charge in [0.15, 0.2) is 11.6 Å². The van der Waals surface area contributed by atoms with Gasteiger partial charge in [-0.1, -0.05) is 0 Å². The smallest absolute Gasteiger partial charge is 0.183 e. The Morgan fingerprint density at radius 3 is 2.42 bits per heavy atom. The molecule has 0 atom stereocenters. The first-order valence-corrected chi connectivity index (χ1v) is 5.43. The number of anilines is 2. The van der Waals surface area contributed by atoms with E-state index >= 15 is 0 Å². The van der Waals surface area contributed by atoms with Gasteiger partial charge in [0.25, 0.3) is 0 Å². The highest BCUT2D eigenvalue weighted by molar-refractivity contribution is 5.62. The molecule has 2 aromatic carbocycles. The van der Waals surface area contributed by atoms with Crippen LogP contribution in [0.15, 0.2) is 30.3 Å². The molecule has 0 amide bonds. The van der Waals surface area contributed by atoms with Crippen molar-refractivity contribution in [3.05, 3.63) is 58.9 Å². The van der Waals surface area contributed by atoms with E-state index in [9.17, 15) is 13.2 Å². The van der Waals surface area contributed by atoms with Crippen molar-refractivity contribution in [3.63, 3.8) is 0 Å². The SMILES string of the molecule is Cc1cc(F)cc(Nc2ccc(C#N)c(F)c2F)c1. The highest BCUT2D eigenvalue weighted by Gasteiger charge is 2.13. The fourth-order valence-corrected chi connectivity index (χ4v) is 1.70. The summed E-state index contributed by atoms with van der Waals surface area (Å²) >= 11 is 0. The second-order valence-electron chi connectivity index (χ2n) is 4.04. The van der Waals surface area contributed by atoms with E-state index in [4.69, 9.17) is 5.26 Å². The summed E-state index contributed by atoms with van der Waals surface area (Å²) in [5, 5.41) is 11.2. The lowest BCUT2D eigenvalue weighted by molar-refractivity contribution is 0.509. The van der Waals surface area contributed by atoms with Crippen LogP contribution in [0.2, 0.25) is 0 Å². The molecule has 0 radical (unpaired) electrons. The normalized spacial score (nSPS) is 10.1. The maximum atomic E-state index is 13.7. The number of benzene rings is 2. The quantitative estimate of drug-likeness (QED) is 0.887. The second-order valence-corrected chi connectivity index (χ2v) is 4.04. The topological polar surface area (TPSA) is 35.8 Å². The van der Waals surface area contributed by atoms with Crippen molar-refractivity contribution in [2.24, 2.45) is 0 Å². The highest BCUT2D eigenvalue weighted by Crippen LogP contribution is 2.24. The van der Waals surface area contributed by atoms with Crippen LogP contribution >= 0.6 is 0 Å². The van der Waals surface area contributed by atoms with Crippen LogP contribution in [0.5, 0.6) is 0 Å². The van der Waals surface area contributed by atoms with Gasteiger partial charge in [-0.25, -0.2) is 13.2 Å². The largest absolute Gasteiger partial charge is 0.353 e. The maximum Gasteiger partial charge on any atom is 0.183 e. The Hall–Kier alpha value is -2.48. The first-order chi connectivity index (χ1) is 9.01. The molecule has 19 heavy (non-hydrogen) atoms. The lowest BCUT2D eigenvalue weighted by Gasteiger charge is -2.09. The van der Waals surface area contributed by atoms with E-state index in [-0.39, 0.29) is 11.3 Å². The van der Waals surface area contributed by atoms with Gasteiger partial charge in [0, 0.05) is 5.69 Å². The predicted octanol–water partition coefficient (Wildman–Crippen LogP) is 4.03. The van der Waals surface area contributed by atoms with Gasteiger partial charge in [-0.15, -0.1) is 0 Å². The van der Waals surface area contributed by atoms with Crippen LogP contribution in [-0.4, -0.2) is 0 Å². The average Bonchev–Trinajstić information content (AvgIpc) is 2.34. The fourth-order valence-electron chi connectivity index (χ4n) is 1.70. The summed E-state index contributed by atoms with van der Waals surface area (Å²) in [5.74, 6) is -2.86. The van der Waals surface area contributed by atoms with Crippen molar-refractivity contribution in [2.45, 2.75) is 6.92 Å². The number of nitrogens with one attached hydrogen (secondary N) is 1. The number of nitriles is 1. The summed E-state index contributed by atoms with van der Waals surface area (Å²) in [6, 6.07) is 8.02. The molecule has 5 heteroatoms. The maximum absolute atomic E-state index is 13.7. The molecule has 0 fully saturated rings. The minimum Gasteiger partial charge on any atom is -0.353 e. The Morgan fingerprint density at radius 1 is 1.05 bits per heavy atom. The predicted molar refractivity (Wildman–Crippen MR) is 65.5 cm³/mol. The Balaban J connectivity index is 2.39. The van der Waals surface area contributed by atoms with Gasteiger partial charge >= 0.3 is 0 Å². The van der Waals surface area contributed by atoms with E-state index in [1.165, 1.54) is 18.2 Å². The van der Waals surface area contributed by atoms with Crippen LogP contribution in [0, 0.1) is 35.7 Å². The molecule has 0 aromatic heterocycles. The zero-order valence-electron chi connectivity index (χ0n) is 9.97. The Labute approximate surface area is 108 Å². The van der Waals surface area contributed by atoms with Crippen molar-refractivity contribution in [1.82, 2.24) is 0 Å². The molecule has 0 aliphatic carbocycles. The van der Waals surface area contributed by atoms with Gasteiger partial charge in [-0.05, 0) is 42.8 Å². The average molecular weight is 262 g/mol. The van der Waals surface area contributed by atoms with Gasteiger partial charge < -0.3 is 5.32 Å². The molecule has 0 unspecified atom stereocenters. The minimum absolute atomic E-state index is 0.151. The lowest BCUT2D eigenvalue weighted by atomic mass is 10.1. The van der Waals surface area contributed by atoms with E-state index < -0.39 is 17.5 Å². The van der Waals surface area contributed by atoms with Gasteiger partial charge in [0.2, 0.25) is 0 Å². The van der Waals surface area contributed by atoms with Crippen molar-refractivity contribution >= 4 is 11.4 Å². The van der Waals surface area contributed by atoms with Crippen LogP contribution in [0.25, 0.3) is 0 Å². The molecule has 1 N–H and O–H groups in total. The van der Waals surface area contributed by atoms with Crippen LogP contribution in [0.4, 0.5) is 24.5 Å². The van der Waals surface area contributed by atoms with Gasteiger partial charge in [-0.2, -0.15) is 5.26 Å². The van der Waals surface area contributed by atoms with E-state index in [1.807, 2.05) is 0 Å². The van der Waals surface area contributed by atoms with E-state index in [0.29, 0.717) is 11.3 Å². The Kier molecular flexibility index (Phi) is 3.43. The van der Waals surface area contributed by atoms with E-state index in [2.05, 4.69) is 5.32 Å². The van der Waals surface area contributed by atoms with Gasteiger partial charge in [-0.3, -0.25) is 0 Å². The standard InChI is InChI=1S/C14H9F3N2/c1-8-4-10(15)6-11(5-8)19-12-3-2-9(7-18)13(16)14(12)17/h2-6,19H,1H3. The third-order valence-electron chi connectivity index (χ3n) is 2.52. The van der Waals surface area contributed by atoms with Crippen molar-refractivity contribution in [3.8, 4) is 6.07 Å². The lowest BCUT2D eigenvalue weighted by Crippen LogP contribution is -1.99. The highest BCUT2D eigenvalue weighted by atomic mass is 19.2. The number of rotatable bonds is 2. The van der Waals surface area contributed by atoms with E-state index in [1.54, 1.807) is 19.1 Å². The molecule has 0 spiro atoms. The second kappa shape index (κ2) is 5.02. The number of nitrogens with zero attached hydrogens (tertiary/aromatic N) is 1. The summed E-state index contributed by atoms with van der Waals surface area (Å²) in [5.41, 5.74) is 0.428. The number of aryl methyl sites for hydroxylation is 1. The monoisotopic (exact) mass is 262 g/mol. The Bertz CT molecular complexity index is 655. The summed E-state index contributed by atoms with van der Waals surface area (Å²) in [6.07, 6.45) is 0. The molecule has 0 aliphatic heterocycles. The van der Waals surface area contributed by atoms with Crippen LogP contribution in [-0.2, 0) is 0 Å². The first-order valence-electron chi connectivity index (χ1n) is 5.43. The van der Waals surface area contributed by atoms with Crippen LogP contribution in [0.3, 0.4) is 0 Å². The molecule has 0 heterocycles. The molecular formula is C14H9F3N2. The number of hydrogen-bond acceptors (Lipinski definition) is 2. The minimum atomic E-state index is -1.22. The van der Waals surface area contributed by atoms with Gasteiger partial charge in [0.05, 0.1) is 11.3 Å². The summed E-state index contributed by atoms with van der Waals surface area (Å²) in [4.78, 5) is 0. The van der Waals surface area contributed by atoms with Crippen molar-refractivity contribution in [1.29, 1.82) is 5.26 Å². The summed E-state index contributed by atoms with van der Waals surface area (Å²) in [6.45, 7) is 1.68. The molecule has 96 valence electrons. The molecular weight excluding hydrogens is 253 g/mol. The number of halogens is 3. The molecule has 2 nitrogen and oxygen atoms in total. The molecule has 0 saturated heterocycles. The Morgan fingerprint density at radius 2 is 1.79 bits per heavy atom. The zero-order chi connectivity index (χ0) is 14.0. The molecule has 0 saturated carbocycles. The molecule has 0 bridgehead atoms.